The van der Waals surface area contributed by atoms with Crippen LogP contribution in [-0.4, -0.2) is 26.4 Å². The predicted octanol–water partition coefficient (Wildman–Crippen LogP) is 2.74. The summed E-state index contributed by atoms with van der Waals surface area (Å²) >= 11 is 0. The van der Waals surface area contributed by atoms with Gasteiger partial charge in [0.1, 0.15) is 0 Å². The van der Waals surface area contributed by atoms with Crippen molar-refractivity contribution >= 4 is 0 Å². The third-order valence-electron chi connectivity index (χ3n) is 3.94. The Kier molecular flexibility index (Phi) is 5.83. The molecule has 1 N–H and O–H groups in total. The molecule has 0 saturated carbocycles. The first-order valence-electron chi connectivity index (χ1n) is 7.17. The van der Waals surface area contributed by atoms with E-state index in [0.29, 0.717) is 12.6 Å². The quantitative estimate of drug-likeness (QED) is 0.856. The lowest BCUT2D eigenvalue weighted by Crippen LogP contribution is -2.36. The molecule has 1 aromatic rings. The molecule has 1 aromatic carbocycles. The molecule has 1 heterocycles. The molecular formula is C16H25NO2. The smallest absolute Gasteiger partial charge is 0.0713 e. The summed E-state index contributed by atoms with van der Waals surface area (Å²) < 4.78 is 10.5. The molecule has 1 unspecified atom stereocenters. The lowest BCUT2D eigenvalue weighted by Gasteiger charge is -2.28. The van der Waals surface area contributed by atoms with Crippen molar-refractivity contribution in [2.45, 2.75) is 39.0 Å². The molecule has 1 aliphatic rings. The summed E-state index contributed by atoms with van der Waals surface area (Å²) in [6, 6.07) is 9.19. The molecule has 3 heteroatoms. The van der Waals surface area contributed by atoms with E-state index in [2.05, 4.69) is 36.5 Å². The Bertz CT molecular complexity index is 358. The van der Waals surface area contributed by atoms with Crippen molar-refractivity contribution in [3.05, 3.63) is 35.4 Å². The molecule has 0 aliphatic carbocycles. The Balaban J connectivity index is 1.77. The van der Waals surface area contributed by atoms with Gasteiger partial charge in [0.2, 0.25) is 0 Å². The highest BCUT2D eigenvalue weighted by Gasteiger charge is 2.19. The van der Waals surface area contributed by atoms with Gasteiger partial charge in [0.25, 0.3) is 0 Å². The van der Waals surface area contributed by atoms with E-state index < -0.39 is 0 Å². The zero-order valence-corrected chi connectivity index (χ0v) is 12.0. The normalized spacial score (nSPS) is 18.4. The van der Waals surface area contributed by atoms with Gasteiger partial charge in [-0.1, -0.05) is 24.3 Å². The number of methoxy groups -OCH3 is 1. The summed E-state index contributed by atoms with van der Waals surface area (Å²) in [5, 5.41) is 3.63. The molecule has 1 atom stereocenters. The van der Waals surface area contributed by atoms with E-state index >= 15 is 0 Å². The standard InChI is InChI=1S/C16H25NO2/c1-13(16-7-9-19-10-8-16)17-11-14-3-5-15(6-4-14)12-18-2/h3-6,13,16-17H,7-12H2,1-2H3. The zero-order chi connectivity index (χ0) is 13.5. The van der Waals surface area contributed by atoms with Crippen LogP contribution in [0, 0.1) is 5.92 Å². The highest BCUT2D eigenvalue weighted by molar-refractivity contribution is 5.21. The van der Waals surface area contributed by atoms with Crippen molar-refractivity contribution in [3.8, 4) is 0 Å². The minimum atomic E-state index is 0.558. The summed E-state index contributed by atoms with van der Waals surface area (Å²) in [5.74, 6) is 0.751. The van der Waals surface area contributed by atoms with Crippen molar-refractivity contribution in [2.24, 2.45) is 5.92 Å². The number of hydrogen-bond donors (Lipinski definition) is 1. The number of nitrogens with one attached hydrogen (secondary N) is 1. The summed E-state index contributed by atoms with van der Waals surface area (Å²) in [5.41, 5.74) is 2.56. The third-order valence-corrected chi connectivity index (χ3v) is 3.94. The van der Waals surface area contributed by atoms with Gasteiger partial charge in [-0.2, -0.15) is 0 Å². The monoisotopic (exact) mass is 263 g/mol. The second kappa shape index (κ2) is 7.63. The molecule has 3 nitrogen and oxygen atoms in total. The Morgan fingerprint density at radius 1 is 1.21 bits per heavy atom. The fraction of sp³-hybridized carbons (Fsp3) is 0.625. The van der Waals surface area contributed by atoms with Gasteiger partial charge in [0.05, 0.1) is 6.61 Å². The first kappa shape index (κ1) is 14.5. The van der Waals surface area contributed by atoms with Gasteiger partial charge in [-0.15, -0.1) is 0 Å². The van der Waals surface area contributed by atoms with Crippen LogP contribution < -0.4 is 5.32 Å². The molecule has 1 saturated heterocycles. The zero-order valence-electron chi connectivity index (χ0n) is 12.0. The van der Waals surface area contributed by atoms with Gasteiger partial charge in [0.15, 0.2) is 0 Å². The van der Waals surface area contributed by atoms with E-state index in [0.717, 1.165) is 25.7 Å². The lowest BCUT2D eigenvalue weighted by molar-refractivity contribution is 0.0558. The fourth-order valence-electron chi connectivity index (χ4n) is 2.58. The Morgan fingerprint density at radius 3 is 2.47 bits per heavy atom. The van der Waals surface area contributed by atoms with Crippen LogP contribution in [0.15, 0.2) is 24.3 Å². The molecule has 0 radical (unpaired) electrons. The van der Waals surface area contributed by atoms with Gasteiger partial charge in [0, 0.05) is 32.9 Å². The van der Waals surface area contributed by atoms with Crippen LogP contribution in [0.3, 0.4) is 0 Å². The van der Waals surface area contributed by atoms with Crippen LogP contribution in [0.25, 0.3) is 0 Å². The minimum Gasteiger partial charge on any atom is -0.381 e. The van der Waals surface area contributed by atoms with Crippen molar-refractivity contribution in [3.63, 3.8) is 0 Å². The van der Waals surface area contributed by atoms with Crippen LogP contribution in [0.4, 0.5) is 0 Å². The van der Waals surface area contributed by atoms with Crippen LogP contribution in [0.1, 0.15) is 30.9 Å². The van der Waals surface area contributed by atoms with Gasteiger partial charge < -0.3 is 14.8 Å². The Labute approximate surface area is 116 Å². The first-order chi connectivity index (χ1) is 9.29. The maximum Gasteiger partial charge on any atom is 0.0713 e. The average molecular weight is 263 g/mol. The Hall–Kier alpha value is -0.900. The van der Waals surface area contributed by atoms with Crippen LogP contribution >= 0.6 is 0 Å². The van der Waals surface area contributed by atoms with E-state index in [-0.39, 0.29) is 0 Å². The summed E-state index contributed by atoms with van der Waals surface area (Å²) in [6.07, 6.45) is 2.36. The van der Waals surface area contributed by atoms with Crippen LogP contribution in [-0.2, 0) is 22.6 Å². The highest BCUT2D eigenvalue weighted by Crippen LogP contribution is 2.18. The molecular weight excluding hydrogens is 238 g/mol. The molecule has 1 aliphatic heterocycles. The summed E-state index contributed by atoms with van der Waals surface area (Å²) in [7, 11) is 1.73. The van der Waals surface area contributed by atoms with Crippen molar-refractivity contribution in [1.82, 2.24) is 5.32 Å². The fourth-order valence-corrected chi connectivity index (χ4v) is 2.58. The first-order valence-corrected chi connectivity index (χ1v) is 7.17. The molecule has 0 aromatic heterocycles. The van der Waals surface area contributed by atoms with Gasteiger partial charge in [-0.05, 0) is 36.8 Å². The number of benzene rings is 1. The third kappa shape index (κ3) is 4.60. The minimum absolute atomic E-state index is 0.558. The SMILES string of the molecule is COCc1ccc(CNC(C)C2CCOCC2)cc1. The molecule has 2 rings (SSSR count). The molecule has 0 bridgehead atoms. The number of ether oxygens (including phenoxy) is 2. The number of hydrogen-bond acceptors (Lipinski definition) is 3. The maximum absolute atomic E-state index is 5.41. The molecule has 106 valence electrons. The largest absolute Gasteiger partial charge is 0.381 e. The van der Waals surface area contributed by atoms with E-state index in [1.165, 1.54) is 24.0 Å². The summed E-state index contributed by atoms with van der Waals surface area (Å²) in [6.45, 7) is 5.75. The van der Waals surface area contributed by atoms with Crippen LogP contribution in [0.2, 0.25) is 0 Å². The second-order valence-electron chi connectivity index (χ2n) is 5.37. The van der Waals surface area contributed by atoms with Crippen molar-refractivity contribution in [2.75, 3.05) is 20.3 Å². The van der Waals surface area contributed by atoms with Gasteiger partial charge >= 0.3 is 0 Å². The van der Waals surface area contributed by atoms with Crippen molar-refractivity contribution < 1.29 is 9.47 Å². The second-order valence-corrected chi connectivity index (χ2v) is 5.37. The van der Waals surface area contributed by atoms with Crippen LogP contribution in [0.5, 0.6) is 0 Å². The molecule has 0 spiro atoms. The van der Waals surface area contributed by atoms with E-state index in [4.69, 9.17) is 9.47 Å². The molecule has 1 fully saturated rings. The lowest BCUT2D eigenvalue weighted by atomic mass is 9.93. The molecule has 0 amide bonds. The Morgan fingerprint density at radius 2 is 1.84 bits per heavy atom. The van der Waals surface area contributed by atoms with E-state index in [1.807, 2.05) is 0 Å². The van der Waals surface area contributed by atoms with Gasteiger partial charge in [-0.25, -0.2) is 0 Å². The molecule has 19 heavy (non-hydrogen) atoms. The number of rotatable bonds is 6. The average Bonchev–Trinajstić information content (AvgIpc) is 2.47. The van der Waals surface area contributed by atoms with Crippen molar-refractivity contribution in [1.29, 1.82) is 0 Å². The maximum atomic E-state index is 5.41. The topological polar surface area (TPSA) is 30.5 Å². The highest BCUT2D eigenvalue weighted by atomic mass is 16.5. The van der Waals surface area contributed by atoms with E-state index in [1.54, 1.807) is 7.11 Å². The predicted molar refractivity (Wildman–Crippen MR) is 77.0 cm³/mol. The summed E-state index contributed by atoms with van der Waals surface area (Å²) in [4.78, 5) is 0. The van der Waals surface area contributed by atoms with E-state index in [9.17, 15) is 0 Å². The van der Waals surface area contributed by atoms with Gasteiger partial charge in [-0.3, -0.25) is 0 Å².